The largest absolute Gasteiger partial charge is 0.319 e. The van der Waals surface area contributed by atoms with Crippen LogP contribution in [0, 0.1) is 0 Å². The lowest BCUT2D eigenvalue weighted by molar-refractivity contribution is 0.425. The first-order valence-corrected chi connectivity index (χ1v) is 6.60. The maximum absolute atomic E-state index is 12.0. The van der Waals surface area contributed by atoms with Crippen LogP contribution in [0.25, 0.3) is 0 Å². The maximum atomic E-state index is 12.0. The van der Waals surface area contributed by atoms with Crippen molar-refractivity contribution in [2.24, 2.45) is 5.73 Å². The Morgan fingerprint density at radius 2 is 1.78 bits per heavy atom. The van der Waals surface area contributed by atoms with E-state index in [2.05, 4.69) is 9.97 Å². The van der Waals surface area contributed by atoms with Crippen LogP contribution in [-0.4, -0.2) is 9.97 Å². The number of nitrogens with two attached hydrogens (primary N) is 1. The minimum absolute atomic E-state index is 0. The van der Waals surface area contributed by atoms with Crippen molar-refractivity contribution in [3.05, 3.63) is 27.4 Å². The third kappa shape index (κ3) is 2.19. The zero-order chi connectivity index (χ0) is 11.9. The molecule has 0 radical (unpaired) electrons. The minimum atomic E-state index is -0.383. The van der Waals surface area contributed by atoms with Gasteiger partial charge < -0.3 is 10.7 Å². The lowest BCUT2D eigenvalue weighted by Crippen LogP contribution is -2.38. The van der Waals surface area contributed by atoms with Crippen LogP contribution in [0.3, 0.4) is 0 Å². The molecule has 1 aromatic heterocycles. The van der Waals surface area contributed by atoms with E-state index < -0.39 is 0 Å². The van der Waals surface area contributed by atoms with Gasteiger partial charge in [-0.2, -0.15) is 0 Å². The predicted octanol–water partition coefficient (Wildman–Crippen LogP) is 1.80. The number of aromatic amines is 1. The topological polar surface area (TPSA) is 71.8 Å². The van der Waals surface area contributed by atoms with Crippen molar-refractivity contribution in [3.8, 4) is 0 Å². The van der Waals surface area contributed by atoms with Gasteiger partial charge in [0.25, 0.3) is 5.56 Å². The fourth-order valence-corrected chi connectivity index (χ4v) is 3.08. The van der Waals surface area contributed by atoms with Crippen LogP contribution in [0.5, 0.6) is 0 Å². The van der Waals surface area contributed by atoms with E-state index in [1.807, 2.05) is 0 Å². The molecule has 4 nitrogen and oxygen atoms in total. The zero-order valence-electron chi connectivity index (χ0n) is 10.5. The van der Waals surface area contributed by atoms with E-state index in [1.54, 1.807) is 0 Å². The number of H-pyrrole nitrogens is 1. The quantitative estimate of drug-likeness (QED) is 0.817. The van der Waals surface area contributed by atoms with Gasteiger partial charge in [0.1, 0.15) is 5.82 Å². The van der Waals surface area contributed by atoms with Crippen LogP contribution in [0.2, 0.25) is 0 Å². The first-order valence-electron chi connectivity index (χ1n) is 6.60. The summed E-state index contributed by atoms with van der Waals surface area (Å²) in [4.78, 5) is 19.6. The van der Waals surface area contributed by atoms with Gasteiger partial charge in [0.05, 0.1) is 11.2 Å². The van der Waals surface area contributed by atoms with Crippen LogP contribution in [0.1, 0.15) is 55.6 Å². The Balaban J connectivity index is 0.00000120. The molecular formula is C13H20ClN3O. The lowest BCUT2D eigenvalue weighted by atomic mass is 9.94. The van der Waals surface area contributed by atoms with Crippen molar-refractivity contribution in [2.75, 3.05) is 0 Å². The Kier molecular flexibility index (Phi) is 3.78. The standard InChI is InChI=1S/C13H19N3O.ClH/c14-13(7-3-4-8-13)12-15-10-6-2-1-5-9(10)11(17)16-12;/h1-8,14H2,(H,15,16,17);1H. The second-order valence-electron chi connectivity index (χ2n) is 5.41. The highest BCUT2D eigenvalue weighted by Crippen LogP contribution is 2.34. The van der Waals surface area contributed by atoms with Gasteiger partial charge in [0.15, 0.2) is 0 Å². The lowest BCUT2D eigenvalue weighted by Gasteiger charge is -2.24. The van der Waals surface area contributed by atoms with Crippen molar-refractivity contribution in [2.45, 2.75) is 56.9 Å². The van der Waals surface area contributed by atoms with Gasteiger partial charge in [0, 0.05) is 5.56 Å². The molecule has 2 aliphatic rings. The molecule has 0 unspecified atom stereocenters. The highest BCUT2D eigenvalue weighted by molar-refractivity contribution is 5.85. The molecule has 3 N–H and O–H groups in total. The van der Waals surface area contributed by atoms with Crippen LogP contribution in [-0.2, 0) is 18.4 Å². The molecule has 100 valence electrons. The maximum Gasteiger partial charge on any atom is 0.254 e. The Morgan fingerprint density at radius 3 is 2.50 bits per heavy atom. The van der Waals surface area contributed by atoms with Crippen LogP contribution in [0.4, 0.5) is 0 Å². The number of halogens is 1. The third-order valence-corrected chi connectivity index (χ3v) is 4.16. The first-order chi connectivity index (χ1) is 8.19. The van der Waals surface area contributed by atoms with Crippen LogP contribution < -0.4 is 11.3 Å². The zero-order valence-corrected chi connectivity index (χ0v) is 11.3. The van der Waals surface area contributed by atoms with Crippen molar-refractivity contribution < 1.29 is 0 Å². The van der Waals surface area contributed by atoms with Crippen molar-refractivity contribution in [1.29, 1.82) is 0 Å². The molecule has 0 aromatic carbocycles. The molecule has 3 rings (SSSR count). The molecule has 0 amide bonds. The molecule has 2 aliphatic carbocycles. The van der Waals surface area contributed by atoms with Crippen molar-refractivity contribution >= 4 is 12.4 Å². The van der Waals surface area contributed by atoms with E-state index in [9.17, 15) is 4.79 Å². The summed E-state index contributed by atoms with van der Waals surface area (Å²) in [7, 11) is 0. The van der Waals surface area contributed by atoms with E-state index in [0.29, 0.717) is 0 Å². The molecule has 1 saturated carbocycles. The molecule has 0 aliphatic heterocycles. The second kappa shape index (κ2) is 5.02. The van der Waals surface area contributed by atoms with Crippen molar-refractivity contribution in [1.82, 2.24) is 9.97 Å². The number of aromatic nitrogens is 2. The summed E-state index contributed by atoms with van der Waals surface area (Å²) >= 11 is 0. The van der Waals surface area contributed by atoms with Gasteiger partial charge in [-0.1, -0.05) is 12.8 Å². The van der Waals surface area contributed by atoms with Crippen LogP contribution in [0.15, 0.2) is 4.79 Å². The van der Waals surface area contributed by atoms with E-state index >= 15 is 0 Å². The Morgan fingerprint density at radius 1 is 1.11 bits per heavy atom. The van der Waals surface area contributed by atoms with E-state index in [4.69, 9.17) is 5.73 Å². The molecule has 1 aromatic rings. The number of nitrogens with one attached hydrogen (secondary N) is 1. The van der Waals surface area contributed by atoms with E-state index in [0.717, 1.165) is 68.4 Å². The number of nitrogens with zero attached hydrogens (tertiary/aromatic N) is 1. The average Bonchev–Trinajstić information content (AvgIpc) is 2.78. The summed E-state index contributed by atoms with van der Waals surface area (Å²) < 4.78 is 0. The summed E-state index contributed by atoms with van der Waals surface area (Å²) in [6.07, 6.45) is 8.20. The summed E-state index contributed by atoms with van der Waals surface area (Å²) in [6, 6.07) is 0. The van der Waals surface area contributed by atoms with Crippen molar-refractivity contribution in [3.63, 3.8) is 0 Å². The Hall–Kier alpha value is -0.870. The highest BCUT2D eigenvalue weighted by atomic mass is 35.5. The SMILES string of the molecule is Cl.NC1(c2nc3c(c(=O)[nH]2)CCCC3)CCCC1. The van der Waals surface area contributed by atoms with Gasteiger partial charge in [-0.3, -0.25) is 4.79 Å². The molecule has 0 saturated heterocycles. The monoisotopic (exact) mass is 269 g/mol. The fourth-order valence-electron chi connectivity index (χ4n) is 3.08. The average molecular weight is 270 g/mol. The second-order valence-corrected chi connectivity index (χ2v) is 5.41. The van der Waals surface area contributed by atoms with E-state index in [-0.39, 0.29) is 23.5 Å². The number of hydrogen-bond donors (Lipinski definition) is 2. The first kappa shape index (κ1) is 13.6. The molecule has 1 heterocycles. The molecule has 5 heteroatoms. The molecule has 0 bridgehead atoms. The number of hydrogen-bond acceptors (Lipinski definition) is 3. The summed E-state index contributed by atoms with van der Waals surface area (Å²) in [6.45, 7) is 0. The number of aryl methyl sites for hydroxylation is 1. The third-order valence-electron chi connectivity index (χ3n) is 4.16. The van der Waals surface area contributed by atoms with Gasteiger partial charge in [-0.15, -0.1) is 12.4 Å². The molecular weight excluding hydrogens is 250 g/mol. The molecule has 18 heavy (non-hydrogen) atoms. The van der Waals surface area contributed by atoms with Gasteiger partial charge >= 0.3 is 0 Å². The number of rotatable bonds is 1. The normalized spacial score (nSPS) is 21.2. The fraction of sp³-hybridized carbons (Fsp3) is 0.692. The predicted molar refractivity (Wildman–Crippen MR) is 73.1 cm³/mol. The Bertz CT molecular complexity index is 491. The molecule has 0 spiro atoms. The minimum Gasteiger partial charge on any atom is -0.319 e. The number of fused-ring (bicyclic) bond motifs is 1. The molecule has 0 atom stereocenters. The van der Waals surface area contributed by atoms with E-state index in [1.165, 1.54) is 0 Å². The molecule has 1 fully saturated rings. The smallest absolute Gasteiger partial charge is 0.254 e. The van der Waals surface area contributed by atoms with Gasteiger partial charge in [-0.05, 0) is 38.5 Å². The Labute approximate surface area is 113 Å². The highest BCUT2D eigenvalue weighted by Gasteiger charge is 2.34. The summed E-state index contributed by atoms with van der Waals surface area (Å²) in [5.41, 5.74) is 7.89. The summed E-state index contributed by atoms with van der Waals surface area (Å²) in [5, 5.41) is 0. The van der Waals surface area contributed by atoms with Crippen LogP contribution >= 0.6 is 12.4 Å². The van der Waals surface area contributed by atoms with Gasteiger partial charge in [-0.25, -0.2) is 4.98 Å². The summed E-state index contributed by atoms with van der Waals surface area (Å²) in [5.74, 6) is 0.723. The van der Waals surface area contributed by atoms with Gasteiger partial charge in [0.2, 0.25) is 0 Å².